The lowest BCUT2D eigenvalue weighted by Crippen LogP contribution is -2.44. The first-order chi connectivity index (χ1) is 18.0. The lowest BCUT2D eigenvalue weighted by atomic mass is 10.1. The summed E-state index contributed by atoms with van der Waals surface area (Å²) in [6.45, 7) is 0.466. The van der Waals surface area contributed by atoms with Gasteiger partial charge in [-0.05, 0) is 48.7 Å². The molecule has 0 spiro atoms. The zero-order chi connectivity index (χ0) is 26.0. The third kappa shape index (κ3) is 6.98. The Morgan fingerprint density at radius 2 is 1.78 bits per heavy atom. The van der Waals surface area contributed by atoms with Gasteiger partial charge in [0.05, 0.1) is 0 Å². The van der Waals surface area contributed by atoms with Crippen molar-refractivity contribution in [3.63, 3.8) is 0 Å². The number of para-hydroxylation sites is 1. The zero-order valence-corrected chi connectivity index (χ0v) is 20.6. The van der Waals surface area contributed by atoms with Crippen LogP contribution in [0.1, 0.15) is 28.9 Å². The molecule has 189 valence electrons. The van der Waals surface area contributed by atoms with Crippen molar-refractivity contribution >= 4 is 34.5 Å². The number of carbonyl (C=O) groups is 3. The van der Waals surface area contributed by atoms with Crippen molar-refractivity contribution in [3.8, 4) is 0 Å². The maximum Gasteiger partial charge on any atom is 0.407 e. The van der Waals surface area contributed by atoms with E-state index in [1.165, 1.54) is 0 Å². The molecule has 1 aromatic heterocycles. The Kier molecular flexibility index (Phi) is 8.54. The molecule has 4 aromatic rings. The van der Waals surface area contributed by atoms with E-state index in [1.807, 2.05) is 61.6 Å². The van der Waals surface area contributed by atoms with Gasteiger partial charge in [0.1, 0.15) is 18.3 Å². The van der Waals surface area contributed by atoms with Gasteiger partial charge in [-0.3, -0.25) is 9.59 Å². The molecule has 1 radical (unpaired) electrons. The molecular formula is C29H29N4O4. The third-order valence-electron chi connectivity index (χ3n) is 5.93. The minimum atomic E-state index is -0.812. The highest BCUT2D eigenvalue weighted by Gasteiger charge is 2.23. The smallest absolute Gasteiger partial charge is 0.407 e. The first kappa shape index (κ1) is 25.5. The van der Waals surface area contributed by atoms with Crippen molar-refractivity contribution in [1.29, 1.82) is 0 Å². The van der Waals surface area contributed by atoms with Gasteiger partial charge in [-0.1, -0.05) is 60.7 Å². The van der Waals surface area contributed by atoms with Crippen LogP contribution in [0.2, 0.25) is 0 Å². The van der Waals surface area contributed by atoms with Gasteiger partial charge < -0.3 is 25.3 Å². The Balaban J connectivity index is 1.35. The predicted octanol–water partition coefficient (Wildman–Crippen LogP) is 4.42. The highest BCUT2D eigenvalue weighted by Crippen LogP contribution is 2.18. The van der Waals surface area contributed by atoms with Crippen LogP contribution in [0.5, 0.6) is 0 Å². The second kappa shape index (κ2) is 12.4. The van der Waals surface area contributed by atoms with Crippen molar-refractivity contribution in [2.24, 2.45) is 7.05 Å². The molecule has 0 unspecified atom stereocenters. The molecule has 8 heteroatoms. The van der Waals surface area contributed by atoms with Crippen LogP contribution < -0.4 is 16.0 Å². The van der Waals surface area contributed by atoms with E-state index >= 15 is 0 Å². The summed E-state index contributed by atoms with van der Waals surface area (Å²) in [6, 6.07) is 27.9. The lowest BCUT2D eigenvalue weighted by Gasteiger charge is -2.19. The Morgan fingerprint density at radius 1 is 1.00 bits per heavy atom. The van der Waals surface area contributed by atoms with E-state index in [4.69, 9.17) is 4.74 Å². The number of rotatable bonds is 10. The van der Waals surface area contributed by atoms with Crippen LogP contribution in [0.3, 0.4) is 0 Å². The van der Waals surface area contributed by atoms with Crippen LogP contribution in [0, 0.1) is 6.07 Å². The highest BCUT2D eigenvalue weighted by molar-refractivity contribution is 6.03. The van der Waals surface area contributed by atoms with Gasteiger partial charge in [0.25, 0.3) is 5.91 Å². The monoisotopic (exact) mass is 497 g/mol. The summed E-state index contributed by atoms with van der Waals surface area (Å²) in [5.74, 6) is -0.702. The van der Waals surface area contributed by atoms with E-state index in [-0.39, 0.29) is 18.4 Å². The lowest BCUT2D eigenvalue weighted by molar-refractivity contribution is -0.118. The number of fused-ring (bicyclic) bond motifs is 1. The third-order valence-corrected chi connectivity index (χ3v) is 5.93. The molecule has 8 nitrogen and oxygen atoms in total. The van der Waals surface area contributed by atoms with Crippen molar-refractivity contribution in [1.82, 2.24) is 15.2 Å². The number of alkyl carbamates (subject to hydrolysis) is 1. The minimum absolute atomic E-state index is 0.173. The van der Waals surface area contributed by atoms with Crippen molar-refractivity contribution in [3.05, 3.63) is 102 Å². The van der Waals surface area contributed by atoms with Crippen LogP contribution in [0.15, 0.2) is 84.9 Å². The van der Waals surface area contributed by atoms with E-state index in [1.54, 1.807) is 34.9 Å². The van der Waals surface area contributed by atoms with Gasteiger partial charge in [-0.2, -0.15) is 0 Å². The summed E-state index contributed by atoms with van der Waals surface area (Å²) >= 11 is 0. The molecule has 1 atom stereocenters. The van der Waals surface area contributed by atoms with E-state index < -0.39 is 12.1 Å². The average Bonchev–Trinajstić information content (AvgIpc) is 3.26. The Bertz CT molecular complexity index is 1350. The molecule has 0 aliphatic carbocycles. The summed E-state index contributed by atoms with van der Waals surface area (Å²) in [4.78, 5) is 38.3. The summed E-state index contributed by atoms with van der Waals surface area (Å²) in [5, 5.41) is 9.32. The topological polar surface area (TPSA) is 101 Å². The Hall–Kier alpha value is -4.59. The fraction of sp³-hybridized carbons (Fsp3) is 0.207. The van der Waals surface area contributed by atoms with E-state index in [2.05, 4.69) is 22.0 Å². The first-order valence-electron chi connectivity index (χ1n) is 12.1. The molecule has 0 fully saturated rings. The molecule has 0 saturated carbocycles. The van der Waals surface area contributed by atoms with E-state index in [9.17, 15) is 14.4 Å². The number of amides is 3. The summed E-state index contributed by atoms with van der Waals surface area (Å²) in [5.41, 5.74) is 2.85. The van der Waals surface area contributed by atoms with E-state index in [0.29, 0.717) is 30.8 Å². The number of nitrogens with one attached hydrogen (secondary N) is 3. The molecule has 0 aliphatic heterocycles. The van der Waals surface area contributed by atoms with Crippen molar-refractivity contribution in [2.45, 2.75) is 25.5 Å². The van der Waals surface area contributed by atoms with Crippen molar-refractivity contribution < 1.29 is 19.1 Å². The fourth-order valence-electron chi connectivity index (χ4n) is 3.98. The second-order valence-electron chi connectivity index (χ2n) is 8.59. The molecule has 3 amide bonds. The number of aromatic nitrogens is 1. The SMILES string of the molecule is Cn1c(C(=O)N[C@@H](CCCNC(=O)OCc2ccccc2)C(=O)Nc2c[c]ccc2)cc2ccccc21. The number of carbonyl (C=O) groups excluding carboxylic acids is 3. The van der Waals surface area contributed by atoms with E-state index in [0.717, 1.165) is 16.5 Å². The number of hydrogen-bond donors (Lipinski definition) is 3. The van der Waals surface area contributed by atoms with Gasteiger partial charge in [0.15, 0.2) is 0 Å². The van der Waals surface area contributed by atoms with Crippen LogP contribution in [-0.2, 0) is 23.2 Å². The standard InChI is InChI=1S/C29H29N4O4/c1-33-25-17-9-8-13-22(25)19-26(33)28(35)32-24(27(34)31-23-14-6-3-7-15-23)16-10-18-30-29(36)37-20-21-11-4-2-5-12-21/h2-6,8-9,11-15,17,19,24H,10,16,18,20H2,1H3,(H,30,36)(H,31,34)(H,32,35)/t24-/m0/s1. The molecule has 37 heavy (non-hydrogen) atoms. The summed E-state index contributed by atoms with van der Waals surface area (Å²) < 4.78 is 7.02. The normalized spacial score (nSPS) is 11.5. The second-order valence-corrected chi connectivity index (χ2v) is 8.59. The van der Waals surface area contributed by atoms with Crippen LogP contribution >= 0.6 is 0 Å². The molecule has 0 saturated heterocycles. The predicted molar refractivity (Wildman–Crippen MR) is 142 cm³/mol. The largest absolute Gasteiger partial charge is 0.445 e. The number of aryl methyl sites for hydroxylation is 1. The molecule has 4 rings (SSSR count). The van der Waals surface area contributed by atoms with Gasteiger partial charge in [-0.25, -0.2) is 4.79 Å². The maximum absolute atomic E-state index is 13.2. The molecule has 3 aromatic carbocycles. The Morgan fingerprint density at radius 3 is 2.54 bits per heavy atom. The number of nitrogens with zero attached hydrogens (tertiary/aromatic N) is 1. The summed E-state index contributed by atoms with van der Waals surface area (Å²) in [6.07, 6.45) is 0.232. The van der Waals surface area contributed by atoms with Crippen LogP contribution in [0.25, 0.3) is 10.9 Å². The molecule has 1 heterocycles. The highest BCUT2D eigenvalue weighted by atomic mass is 16.5. The minimum Gasteiger partial charge on any atom is -0.445 e. The quantitative estimate of drug-likeness (QED) is 0.282. The zero-order valence-electron chi connectivity index (χ0n) is 20.6. The van der Waals surface area contributed by atoms with Gasteiger partial charge in [-0.15, -0.1) is 0 Å². The van der Waals surface area contributed by atoms with Crippen molar-refractivity contribution in [2.75, 3.05) is 11.9 Å². The molecule has 3 N–H and O–H groups in total. The van der Waals surface area contributed by atoms with Gasteiger partial charge in [0, 0.05) is 30.2 Å². The number of hydrogen-bond acceptors (Lipinski definition) is 4. The van der Waals surface area contributed by atoms with Gasteiger partial charge in [0.2, 0.25) is 5.91 Å². The number of anilines is 1. The van der Waals surface area contributed by atoms with Crippen LogP contribution in [0.4, 0.5) is 10.5 Å². The molecular weight excluding hydrogens is 468 g/mol. The number of benzene rings is 3. The van der Waals surface area contributed by atoms with Crippen LogP contribution in [-0.4, -0.2) is 35.1 Å². The molecule has 0 bridgehead atoms. The average molecular weight is 498 g/mol. The fourth-order valence-corrected chi connectivity index (χ4v) is 3.98. The molecule has 0 aliphatic rings. The number of ether oxygens (including phenoxy) is 1. The van der Waals surface area contributed by atoms with Gasteiger partial charge >= 0.3 is 6.09 Å². The summed E-state index contributed by atoms with van der Waals surface area (Å²) in [7, 11) is 1.82. The maximum atomic E-state index is 13.2. The Labute approximate surface area is 215 Å². The first-order valence-corrected chi connectivity index (χ1v) is 12.1.